The van der Waals surface area contributed by atoms with Crippen LogP contribution in [0.2, 0.25) is 0 Å². The Kier molecular flexibility index (Phi) is 24.8. The van der Waals surface area contributed by atoms with Crippen LogP contribution in [-0.4, -0.2) is 50.0 Å². The molecule has 0 aliphatic carbocycles. The molecule has 0 heterocycles. The number of rotatable bonds is 0. The molecule has 3 heteroatoms. The summed E-state index contributed by atoms with van der Waals surface area (Å²) >= 11 is 0. The van der Waals surface area contributed by atoms with Crippen molar-refractivity contribution in [1.82, 2.24) is 4.90 Å². The summed E-state index contributed by atoms with van der Waals surface area (Å²) in [6, 6.07) is 0. The number of hydrogen-bond acceptors (Lipinski definition) is 1. The van der Waals surface area contributed by atoms with Crippen LogP contribution in [0.5, 0.6) is 0 Å². The molecule has 1 atom stereocenters. The molecular weight excluding hydrogens is 200 g/mol. The third-order valence-electron chi connectivity index (χ3n) is 0. The molecule has 0 saturated heterocycles. The maximum absolute atomic E-state index is 2.00. The minimum absolute atomic E-state index is 0. The van der Waals surface area contributed by atoms with E-state index in [1.54, 1.807) is 0 Å². The van der Waals surface area contributed by atoms with Crippen LogP contribution in [0, 0.1) is 0 Å². The standard InChI is InChI=1S/C3H9N.H3P.Sn.H/c1-4(2)3;;;/h1-3H3;1H3;;. The van der Waals surface area contributed by atoms with Gasteiger partial charge in [0.1, 0.15) is 0 Å². The van der Waals surface area contributed by atoms with Crippen molar-refractivity contribution in [2.24, 2.45) is 0 Å². The van der Waals surface area contributed by atoms with Gasteiger partial charge in [-0.15, -0.1) is 0 Å². The molecule has 6 heavy (non-hydrogen) atoms. The normalized spacial score (nSPS) is 6.00. The van der Waals surface area contributed by atoms with Crippen LogP contribution in [0.4, 0.5) is 0 Å². The summed E-state index contributed by atoms with van der Waals surface area (Å²) in [5.74, 6) is 0. The van der Waals surface area contributed by atoms with Gasteiger partial charge in [-0.2, -0.15) is 9.90 Å². The SMILES string of the molecule is CN(C)C.P.[SnH]. The van der Waals surface area contributed by atoms with E-state index in [4.69, 9.17) is 0 Å². The van der Waals surface area contributed by atoms with Crippen LogP contribution in [0.3, 0.4) is 0 Å². The van der Waals surface area contributed by atoms with Gasteiger partial charge in [0.15, 0.2) is 0 Å². The summed E-state index contributed by atoms with van der Waals surface area (Å²) < 4.78 is 0. The fraction of sp³-hybridized carbons (Fsp3) is 1.00. The van der Waals surface area contributed by atoms with E-state index in [0.29, 0.717) is 0 Å². The average molecular weight is 213 g/mol. The van der Waals surface area contributed by atoms with Gasteiger partial charge in [0.2, 0.25) is 0 Å². The van der Waals surface area contributed by atoms with Crippen LogP contribution in [0.1, 0.15) is 0 Å². The van der Waals surface area contributed by atoms with Crippen molar-refractivity contribution in [1.29, 1.82) is 0 Å². The van der Waals surface area contributed by atoms with Gasteiger partial charge in [0.05, 0.1) is 0 Å². The van der Waals surface area contributed by atoms with Crippen molar-refractivity contribution >= 4 is 33.8 Å². The Morgan fingerprint density at radius 1 is 1.00 bits per heavy atom. The van der Waals surface area contributed by atoms with Crippen molar-refractivity contribution in [3.05, 3.63) is 0 Å². The quantitative estimate of drug-likeness (QED) is 0.390. The van der Waals surface area contributed by atoms with Crippen molar-refractivity contribution in [3.63, 3.8) is 0 Å². The van der Waals surface area contributed by atoms with Crippen LogP contribution in [-0.2, 0) is 0 Å². The van der Waals surface area contributed by atoms with Gasteiger partial charge in [-0.05, 0) is 21.1 Å². The Morgan fingerprint density at radius 3 is 1.00 bits per heavy atom. The Balaban J connectivity index is -0.0000000450. The van der Waals surface area contributed by atoms with E-state index in [9.17, 15) is 0 Å². The molecule has 0 fully saturated rings. The van der Waals surface area contributed by atoms with Gasteiger partial charge >= 0.3 is 23.9 Å². The summed E-state index contributed by atoms with van der Waals surface area (Å²) in [7, 11) is 6.00. The Hall–Kier alpha value is 1.19. The molecule has 0 saturated carbocycles. The van der Waals surface area contributed by atoms with Gasteiger partial charge in [-0.3, -0.25) is 0 Å². The second-order valence-electron chi connectivity index (χ2n) is 1.34. The zero-order valence-corrected chi connectivity index (χ0v) is 9.44. The van der Waals surface area contributed by atoms with E-state index >= 15 is 0 Å². The van der Waals surface area contributed by atoms with Crippen LogP contribution in [0.15, 0.2) is 0 Å². The molecule has 0 spiro atoms. The van der Waals surface area contributed by atoms with Crippen LogP contribution >= 0.6 is 9.90 Å². The van der Waals surface area contributed by atoms with Gasteiger partial charge < -0.3 is 4.90 Å². The molecule has 0 aromatic rings. The fourth-order valence-electron chi connectivity index (χ4n) is 0. The molecule has 0 rings (SSSR count). The first-order chi connectivity index (χ1) is 1.73. The topological polar surface area (TPSA) is 3.24 Å². The Bertz CT molecular complexity index is 15.5. The minimum atomic E-state index is 0. The van der Waals surface area contributed by atoms with Gasteiger partial charge in [0.25, 0.3) is 0 Å². The predicted octanol–water partition coefficient (Wildman–Crippen LogP) is -0.413. The summed E-state index contributed by atoms with van der Waals surface area (Å²) in [5.41, 5.74) is 0. The van der Waals surface area contributed by atoms with Crippen LogP contribution < -0.4 is 0 Å². The molecule has 0 amide bonds. The molecule has 0 aromatic heterocycles. The molecular formula is C3H13NPSn. The zero-order valence-electron chi connectivity index (χ0n) is 4.73. The van der Waals surface area contributed by atoms with Crippen molar-refractivity contribution in [2.45, 2.75) is 0 Å². The second kappa shape index (κ2) is 9.50. The van der Waals surface area contributed by atoms with E-state index in [0.717, 1.165) is 0 Å². The monoisotopic (exact) mass is 214 g/mol. The van der Waals surface area contributed by atoms with Crippen molar-refractivity contribution < 1.29 is 0 Å². The van der Waals surface area contributed by atoms with Crippen molar-refractivity contribution in [3.8, 4) is 0 Å². The molecule has 1 nitrogen and oxygen atoms in total. The average Bonchev–Trinajstić information content (AvgIpc) is 0.811. The summed E-state index contributed by atoms with van der Waals surface area (Å²) in [6.07, 6.45) is 0. The third-order valence-corrected chi connectivity index (χ3v) is 0. The first kappa shape index (κ1) is 15.7. The van der Waals surface area contributed by atoms with Crippen molar-refractivity contribution in [2.75, 3.05) is 21.1 Å². The molecule has 0 bridgehead atoms. The first-order valence-corrected chi connectivity index (χ1v) is 1.34. The Labute approximate surface area is 60.1 Å². The number of nitrogens with zero attached hydrogens (tertiary/aromatic N) is 1. The van der Waals surface area contributed by atoms with E-state index < -0.39 is 0 Å². The second-order valence-corrected chi connectivity index (χ2v) is 1.34. The first-order valence-electron chi connectivity index (χ1n) is 1.34. The fourth-order valence-corrected chi connectivity index (χ4v) is 0. The van der Waals surface area contributed by atoms with Gasteiger partial charge in [-0.25, -0.2) is 0 Å². The summed E-state index contributed by atoms with van der Waals surface area (Å²) in [4.78, 5) is 2.00. The molecule has 0 aliphatic rings. The van der Waals surface area contributed by atoms with Crippen LogP contribution in [0.25, 0.3) is 0 Å². The van der Waals surface area contributed by atoms with E-state index in [-0.39, 0.29) is 33.8 Å². The van der Waals surface area contributed by atoms with E-state index in [1.165, 1.54) is 0 Å². The third kappa shape index (κ3) is 64.4. The molecule has 0 aromatic carbocycles. The molecule has 1 unspecified atom stereocenters. The van der Waals surface area contributed by atoms with E-state index in [2.05, 4.69) is 0 Å². The summed E-state index contributed by atoms with van der Waals surface area (Å²) in [6.45, 7) is 0. The Morgan fingerprint density at radius 2 is 1.00 bits per heavy atom. The molecule has 0 aliphatic heterocycles. The molecule has 0 N–H and O–H groups in total. The molecule has 3 radical (unpaired) electrons. The summed E-state index contributed by atoms with van der Waals surface area (Å²) in [5, 5.41) is 0. The zero-order chi connectivity index (χ0) is 3.58. The van der Waals surface area contributed by atoms with Gasteiger partial charge in [0, 0.05) is 0 Å². The number of hydrogen-bond donors (Lipinski definition) is 0. The molecule has 39 valence electrons. The van der Waals surface area contributed by atoms with E-state index in [1.807, 2.05) is 26.0 Å². The maximum atomic E-state index is 2.00. The van der Waals surface area contributed by atoms with Gasteiger partial charge in [-0.1, -0.05) is 0 Å². The predicted molar refractivity (Wildman–Crippen MR) is 37.9 cm³/mol.